The van der Waals surface area contributed by atoms with Crippen LogP contribution >= 0.6 is 27.3 Å². The zero-order valence-electron chi connectivity index (χ0n) is 11.9. The highest BCUT2D eigenvalue weighted by Crippen LogP contribution is 2.49. The summed E-state index contributed by atoms with van der Waals surface area (Å²) in [5, 5.41) is 13.6. The molecule has 1 aromatic carbocycles. The van der Waals surface area contributed by atoms with Crippen molar-refractivity contribution >= 4 is 27.3 Å². The number of fused-ring (bicyclic) bond motifs is 3. The highest BCUT2D eigenvalue weighted by atomic mass is 79.9. The fourth-order valence-electron chi connectivity index (χ4n) is 4.28. The molecule has 1 fully saturated rings. The molecule has 0 aliphatic heterocycles. The number of hydrogen-bond donors (Lipinski definition) is 1. The Morgan fingerprint density at radius 1 is 1.10 bits per heavy atom. The first-order valence-electron chi connectivity index (χ1n) is 7.68. The van der Waals surface area contributed by atoms with Gasteiger partial charge in [0.15, 0.2) is 0 Å². The summed E-state index contributed by atoms with van der Waals surface area (Å²) in [5.74, 6) is 0.806. The van der Waals surface area contributed by atoms with Crippen LogP contribution in [-0.4, -0.2) is 10.7 Å². The average molecular weight is 363 g/mol. The molecular weight excluding hydrogens is 344 g/mol. The van der Waals surface area contributed by atoms with Gasteiger partial charge in [-0.15, -0.1) is 11.3 Å². The fourth-order valence-corrected chi connectivity index (χ4v) is 5.87. The van der Waals surface area contributed by atoms with E-state index < -0.39 is 5.60 Å². The Kier molecular flexibility index (Phi) is 3.48. The summed E-state index contributed by atoms with van der Waals surface area (Å²) in [7, 11) is 0. The van der Waals surface area contributed by atoms with Crippen molar-refractivity contribution in [3.8, 4) is 0 Å². The van der Waals surface area contributed by atoms with E-state index in [0.717, 1.165) is 23.7 Å². The number of halogens is 1. The van der Waals surface area contributed by atoms with E-state index in [-0.39, 0.29) is 0 Å². The molecule has 110 valence electrons. The lowest BCUT2D eigenvalue weighted by Crippen LogP contribution is -2.42. The molecule has 2 unspecified atom stereocenters. The molecule has 2 aromatic rings. The molecule has 2 atom stereocenters. The van der Waals surface area contributed by atoms with Crippen molar-refractivity contribution in [2.24, 2.45) is 11.8 Å². The van der Waals surface area contributed by atoms with Gasteiger partial charge in [0.2, 0.25) is 0 Å². The Balaban J connectivity index is 1.70. The zero-order valence-corrected chi connectivity index (χ0v) is 14.3. The van der Waals surface area contributed by atoms with Crippen LogP contribution in [0.3, 0.4) is 0 Å². The second kappa shape index (κ2) is 5.22. The summed E-state index contributed by atoms with van der Waals surface area (Å²) >= 11 is 5.38. The molecule has 0 amide bonds. The van der Waals surface area contributed by atoms with Gasteiger partial charge in [-0.2, -0.15) is 0 Å². The standard InChI is InChI=1S/C18H19BrOS/c19-16-7-8-21-17(16)11-18(20)14-5-6-15(18)10-13-4-2-1-3-12(13)9-14/h1-4,7-8,14-15,20H,5-6,9-11H2. The van der Waals surface area contributed by atoms with Gasteiger partial charge >= 0.3 is 0 Å². The molecule has 2 aliphatic rings. The summed E-state index contributed by atoms with van der Waals surface area (Å²) < 4.78 is 1.15. The monoisotopic (exact) mass is 362 g/mol. The van der Waals surface area contributed by atoms with Crippen molar-refractivity contribution in [2.45, 2.75) is 37.7 Å². The van der Waals surface area contributed by atoms with Crippen LogP contribution in [0.4, 0.5) is 0 Å². The number of benzene rings is 1. The molecule has 0 radical (unpaired) electrons. The van der Waals surface area contributed by atoms with E-state index in [2.05, 4.69) is 51.6 Å². The van der Waals surface area contributed by atoms with E-state index in [9.17, 15) is 5.11 Å². The highest BCUT2D eigenvalue weighted by molar-refractivity contribution is 9.10. The van der Waals surface area contributed by atoms with E-state index in [1.54, 1.807) is 11.3 Å². The van der Waals surface area contributed by atoms with Crippen molar-refractivity contribution in [1.29, 1.82) is 0 Å². The summed E-state index contributed by atoms with van der Waals surface area (Å²) in [4.78, 5) is 1.29. The van der Waals surface area contributed by atoms with Gasteiger partial charge in [0.05, 0.1) is 5.60 Å². The predicted molar refractivity (Wildman–Crippen MR) is 90.7 cm³/mol. The maximum Gasteiger partial charge on any atom is 0.0758 e. The molecule has 1 heterocycles. The van der Waals surface area contributed by atoms with Gasteiger partial charge in [-0.3, -0.25) is 0 Å². The van der Waals surface area contributed by atoms with Crippen LogP contribution < -0.4 is 0 Å². The van der Waals surface area contributed by atoms with Gasteiger partial charge < -0.3 is 5.11 Å². The Morgan fingerprint density at radius 3 is 2.24 bits per heavy atom. The molecule has 1 N–H and O–H groups in total. The average Bonchev–Trinajstić information content (AvgIpc) is 2.93. The minimum Gasteiger partial charge on any atom is -0.389 e. The van der Waals surface area contributed by atoms with Crippen molar-refractivity contribution in [1.82, 2.24) is 0 Å². The lowest BCUT2D eigenvalue weighted by Gasteiger charge is -2.33. The summed E-state index contributed by atoms with van der Waals surface area (Å²) in [6.45, 7) is 0. The smallest absolute Gasteiger partial charge is 0.0758 e. The van der Waals surface area contributed by atoms with Gasteiger partial charge in [0.1, 0.15) is 0 Å². The van der Waals surface area contributed by atoms with E-state index in [1.807, 2.05) is 0 Å². The summed E-state index contributed by atoms with van der Waals surface area (Å²) in [6, 6.07) is 10.9. The first kappa shape index (κ1) is 14.0. The largest absolute Gasteiger partial charge is 0.389 e. The molecule has 1 aromatic heterocycles. The molecule has 4 rings (SSSR count). The van der Waals surface area contributed by atoms with Crippen LogP contribution in [0.2, 0.25) is 0 Å². The first-order chi connectivity index (χ1) is 10.2. The van der Waals surface area contributed by atoms with E-state index in [4.69, 9.17) is 0 Å². The number of aliphatic hydroxyl groups is 1. The van der Waals surface area contributed by atoms with Crippen molar-refractivity contribution in [2.75, 3.05) is 0 Å². The number of rotatable bonds is 2. The van der Waals surface area contributed by atoms with Gasteiger partial charge in [-0.05, 0) is 76.0 Å². The highest BCUT2D eigenvalue weighted by Gasteiger charge is 2.50. The van der Waals surface area contributed by atoms with Gasteiger partial charge in [0.25, 0.3) is 0 Å². The quantitative estimate of drug-likeness (QED) is 0.826. The lowest BCUT2D eigenvalue weighted by atomic mass is 9.79. The molecule has 21 heavy (non-hydrogen) atoms. The van der Waals surface area contributed by atoms with E-state index >= 15 is 0 Å². The van der Waals surface area contributed by atoms with Crippen LogP contribution in [0, 0.1) is 11.8 Å². The van der Waals surface area contributed by atoms with Gasteiger partial charge in [-0.25, -0.2) is 0 Å². The van der Waals surface area contributed by atoms with Gasteiger partial charge in [0, 0.05) is 15.8 Å². The second-order valence-electron chi connectivity index (χ2n) is 6.51. The maximum absolute atomic E-state index is 11.5. The molecule has 1 nitrogen and oxygen atoms in total. The minimum absolute atomic E-state index is 0.403. The van der Waals surface area contributed by atoms with Crippen LogP contribution in [0.25, 0.3) is 0 Å². The Hall–Kier alpha value is -0.640. The fraction of sp³-hybridized carbons (Fsp3) is 0.444. The third-order valence-electron chi connectivity index (χ3n) is 5.46. The van der Waals surface area contributed by atoms with Crippen LogP contribution in [0.15, 0.2) is 40.2 Å². The molecule has 2 aliphatic carbocycles. The third kappa shape index (κ3) is 2.30. The van der Waals surface area contributed by atoms with Crippen molar-refractivity contribution in [3.63, 3.8) is 0 Å². The number of thiophene rings is 1. The second-order valence-corrected chi connectivity index (χ2v) is 8.36. The molecule has 0 saturated heterocycles. The molecule has 1 saturated carbocycles. The Morgan fingerprint density at radius 2 is 1.71 bits per heavy atom. The summed E-state index contributed by atoms with van der Waals surface area (Å²) in [6.07, 6.45) is 5.20. The van der Waals surface area contributed by atoms with Crippen molar-refractivity contribution in [3.05, 3.63) is 56.2 Å². The van der Waals surface area contributed by atoms with Crippen LogP contribution in [-0.2, 0) is 19.3 Å². The molecule has 0 spiro atoms. The van der Waals surface area contributed by atoms with E-state index in [1.165, 1.54) is 28.8 Å². The molecule has 3 heteroatoms. The normalized spacial score (nSPS) is 31.0. The predicted octanol–water partition coefficient (Wildman–Crippen LogP) is 4.61. The molecular formula is C18H19BrOS. The van der Waals surface area contributed by atoms with Crippen LogP contribution in [0.1, 0.15) is 28.8 Å². The lowest BCUT2D eigenvalue weighted by molar-refractivity contribution is -0.0324. The third-order valence-corrected chi connectivity index (χ3v) is 7.39. The maximum atomic E-state index is 11.5. The van der Waals surface area contributed by atoms with Crippen LogP contribution in [0.5, 0.6) is 0 Å². The number of hydrogen-bond acceptors (Lipinski definition) is 2. The topological polar surface area (TPSA) is 20.2 Å². The SMILES string of the molecule is OC1(Cc2sccc2Br)C2CCC1Cc1ccccc1C2. The Bertz CT molecular complexity index is 630. The van der Waals surface area contributed by atoms with E-state index in [0.29, 0.717) is 11.8 Å². The summed E-state index contributed by atoms with van der Waals surface area (Å²) in [5.41, 5.74) is 2.37. The minimum atomic E-state index is -0.535. The Labute approximate surface area is 138 Å². The van der Waals surface area contributed by atoms with Crippen molar-refractivity contribution < 1.29 is 5.11 Å². The zero-order chi connectivity index (χ0) is 14.4. The molecule has 2 bridgehead atoms. The van der Waals surface area contributed by atoms with Gasteiger partial charge in [-0.1, -0.05) is 24.3 Å². The first-order valence-corrected chi connectivity index (χ1v) is 9.35.